The highest BCUT2D eigenvalue weighted by Crippen LogP contribution is 2.29. The molecular weight excluding hydrogens is 344 g/mol. The predicted octanol–water partition coefficient (Wildman–Crippen LogP) is 4.26. The van der Waals surface area contributed by atoms with Gasteiger partial charge in [-0.05, 0) is 68.0 Å². The van der Waals surface area contributed by atoms with Gasteiger partial charge in [0.1, 0.15) is 5.75 Å². The minimum absolute atomic E-state index is 0.0796. The van der Waals surface area contributed by atoms with E-state index in [0.29, 0.717) is 5.75 Å². The van der Waals surface area contributed by atoms with Crippen molar-refractivity contribution in [2.75, 3.05) is 12.9 Å². The Hall–Kier alpha value is -2.27. The van der Waals surface area contributed by atoms with Crippen LogP contribution in [0.3, 0.4) is 0 Å². The molecule has 26 heavy (non-hydrogen) atoms. The smallest absolute Gasteiger partial charge is 0.250 e. The van der Waals surface area contributed by atoms with Crippen LogP contribution >= 0.6 is 11.8 Å². The summed E-state index contributed by atoms with van der Waals surface area (Å²) < 4.78 is 5.37. The number of amides is 1. The highest BCUT2D eigenvalue weighted by atomic mass is 32.2. The Morgan fingerprint density at radius 2 is 2.00 bits per heavy atom. The van der Waals surface area contributed by atoms with E-state index < -0.39 is 0 Å². The van der Waals surface area contributed by atoms with E-state index in [0.717, 1.165) is 46.7 Å². The molecule has 0 spiro atoms. The van der Waals surface area contributed by atoms with Crippen LogP contribution in [-0.4, -0.2) is 24.5 Å². The van der Waals surface area contributed by atoms with Gasteiger partial charge >= 0.3 is 0 Å². The van der Waals surface area contributed by atoms with E-state index in [1.54, 1.807) is 7.11 Å². The summed E-state index contributed by atoms with van der Waals surface area (Å²) in [7, 11) is 1.69. The molecule has 1 aliphatic rings. The first-order valence-electron chi connectivity index (χ1n) is 8.80. The van der Waals surface area contributed by atoms with Gasteiger partial charge < -0.3 is 4.74 Å². The zero-order chi connectivity index (χ0) is 18.5. The van der Waals surface area contributed by atoms with Crippen molar-refractivity contribution in [1.82, 2.24) is 5.43 Å². The van der Waals surface area contributed by atoms with Gasteiger partial charge in [0.25, 0.3) is 0 Å². The normalized spacial score (nSPS) is 14.8. The van der Waals surface area contributed by atoms with Gasteiger partial charge in [-0.3, -0.25) is 4.79 Å². The maximum absolute atomic E-state index is 12.2. The van der Waals surface area contributed by atoms with Crippen molar-refractivity contribution in [3.63, 3.8) is 0 Å². The second kappa shape index (κ2) is 8.41. The van der Waals surface area contributed by atoms with Crippen LogP contribution in [0.4, 0.5) is 0 Å². The maximum Gasteiger partial charge on any atom is 0.250 e. The lowest BCUT2D eigenvalue weighted by Gasteiger charge is -2.21. The van der Waals surface area contributed by atoms with Crippen molar-refractivity contribution < 1.29 is 9.53 Å². The van der Waals surface area contributed by atoms with Crippen LogP contribution in [0.15, 0.2) is 46.4 Å². The van der Waals surface area contributed by atoms with E-state index >= 15 is 0 Å². The Morgan fingerprint density at radius 3 is 2.77 bits per heavy atom. The molecule has 1 amide bonds. The molecule has 1 N–H and O–H groups in total. The van der Waals surface area contributed by atoms with Crippen molar-refractivity contribution >= 4 is 23.4 Å². The number of nitrogens with zero attached hydrogens (tertiary/aromatic N) is 1. The fourth-order valence-electron chi connectivity index (χ4n) is 3.26. The minimum atomic E-state index is -0.0796. The molecule has 0 aliphatic heterocycles. The molecule has 0 saturated carbocycles. The summed E-state index contributed by atoms with van der Waals surface area (Å²) in [6, 6.07) is 12.2. The summed E-state index contributed by atoms with van der Waals surface area (Å²) in [5.74, 6) is 1.15. The van der Waals surface area contributed by atoms with Crippen LogP contribution in [-0.2, 0) is 11.2 Å². The minimum Gasteiger partial charge on any atom is -0.497 e. The average Bonchev–Trinajstić information content (AvgIpc) is 2.65. The summed E-state index contributed by atoms with van der Waals surface area (Å²) >= 11 is 1.54. The highest BCUT2D eigenvalue weighted by molar-refractivity contribution is 8.00. The molecule has 0 fully saturated rings. The number of carbonyl (C=O) groups excluding carboxylic acids is 1. The summed E-state index contributed by atoms with van der Waals surface area (Å²) in [6.07, 6.45) is 2.93. The van der Waals surface area contributed by atoms with Gasteiger partial charge in [-0.2, -0.15) is 5.10 Å². The highest BCUT2D eigenvalue weighted by Gasteiger charge is 2.19. The molecule has 4 nitrogen and oxygen atoms in total. The van der Waals surface area contributed by atoms with E-state index in [2.05, 4.69) is 36.5 Å². The molecule has 0 atom stereocenters. The molecule has 0 bridgehead atoms. The molecule has 2 aromatic rings. The van der Waals surface area contributed by atoms with Crippen LogP contribution in [0.5, 0.6) is 5.75 Å². The first-order chi connectivity index (χ1) is 12.6. The van der Waals surface area contributed by atoms with Crippen molar-refractivity contribution in [1.29, 1.82) is 0 Å². The van der Waals surface area contributed by atoms with E-state index in [1.165, 1.54) is 22.9 Å². The zero-order valence-corrected chi connectivity index (χ0v) is 16.3. The SMILES string of the molecule is COc1cc(C)c2c(c1)CCCC2=NNC(=O)CSc1ccccc1C. The monoisotopic (exact) mass is 368 g/mol. The number of hydrogen-bond donors (Lipinski definition) is 1. The van der Waals surface area contributed by atoms with Crippen LogP contribution in [0.25, 0.3) is 0 Å². The van der Waals surface area contributed by atoms with Crippen LogP contribution in [0.1, 0.15) is 35.1 Å². The summed E-state index contributed by atoms with van der Waals surface area (Å²) in [5.41, 5.74) is 8.42. The second-order valence-electron chi connectivity index (χ2n) is 6.48. The number of hydrazone groups is 1. The predicted molar refractivity (Wildman–Crippen MR) is 107 cm³/mol. The number of ether oxygens (including phenoxy) is 1. The van der Waals surface area contributed by atoms with Gasteiger partial charge in [0.2, 0.25) is 5.91 Å². The third kappa shape index (κ3) is 4.28. The molecule has 5 heteroatoms. The number of thioether (sulfide) groups is 1. The van der Waals surface area contributed by atoms with Crippen LogP contribution in [0, 0.1) is 13.8 Å². The molecule has 3 rings (SSSR count). The van der Waals surface area contributed by atoms with Crippen LogP contribution in [0.2, 0.25) is 0 Å². The van der Waals surface area contributed by atoms with Gasteiger partial charge in [0.15, 0.2) is 0 Å². The lowest BCUT2D eigenvalue weighted by molar-refractivity contribution is -0.118. The molecule has 2 aromatic carbocycles. The lowest BCUT2D eigenvalue weighted by Crippen LogP contribution is -2.24. The largest absolute Gasteiger partial charge is 0.497 e. The Bertz CT molecular complexity index is 846. The van der Waals surface area contributed by atoms with Gasteiger partial charge in [-0.15, -0.1) is 11.8 Å². The first-order valence-corrected chi connectivity index (χ1v) is 9.78. The van der Waals surface area contributed by atoms with Crippen molar-refractivity contribution in [2.24, 2.45) is 5.10 Å². The molecule has 0 radical (unpaired) electrons. The first kappa shape index (κ1) is 18.5. The Labute approximate surface area is 159 Å². The van der Waals surface area contributed by atoms with Gasteiger partial charge in [-0.25, -0.2) is 5.43 Å². The molecule has 136 valence electrons. The summed E-state index contributed by atoms with van der Waals surface area (Å²) in [5, 5.41) is 4.44. The Balaban J connectivity index is 1.68. The number of nitrogens with one attached hydrogen (secondary N) is 1. The van der Waals surface area contributed by atoms with E-state index in [9.17, 15) is 4.79 Å². The fraction of sp³-hybridized carbons (Fsp3) is 0.333. The molecule has 0 heterocycles. The van der Waals surface area contributed by atoms with Gasteiger partial charge in [0, 0.05) is 10.5 Å². The van der Waals surface area contributed by atoms with E-state index in [1.807, 2.05) is 24.3 Å². The van der Waals surface area contributed by atoms with Gasteiger partial charge in [0.05, 0.1) is 18.6 Å². The third-order valence-corrected chi connectivity index (χ3v) is 5.72. The van der Waals surface area contributed by atoms with Crippen molar-refractivity contribution in [3.05, 3.63) is 58.7 Å². The number of benzene rings is 2. The molecule has 0 aromatic heterocycles. The standard InChI is InChI=1S/C21H24N2O2S/c1-14-7-4-5-10-19(14)26-13-20(24)23-22-18-9-6-8-16-12-17(25-3)11-15(2)21(16)18/h4-5,7,10-12H,6,8-9,13H2,1-3H3,(H,23,24). The summed E-state index contributed by atoms with van der Waals surface area (Å²) in [4.78, 5) is 13.3. The summed E-state index contributed by atoms with van der Waals surface area (Å²) in [6.45, 7) is 4.12. The number of rotatable bonds is 5. The Kier molecular flexibility index (Phi) is 5.99. The Morgan fingerprint density at radius 1 is 1.19 bits per heavy atom. The van der Waals surface area contributed by atoms with E-state index in [-0.39, 0.29) is 5.91 Å². The number of methoxy groups -OCH3 is 1. The molecule has 0 unspecified atom stereocenters. The van der Waals surface area contributed by atoms with E-state index in [4.69, 9.17) is 4.74 Å². The zero-order valence-electron chi connectivity index (χ0n) is 15.5. The van der Waals surface area contributed by atoms with Crippen LogP contribution < -0.4 is 10.2 Å². The number of carbonyl (C=O) groups is 1. The van der Waals surface area contributed by atoms with Gasteiger partial charge in [-0.1, -0.05) is 18.2 Å². The number of hydrogen-bond acceptors (Lipinski definition) is 4. The number of aryl methyl sites for hydroxylation is 3. The maximum atomic E-state index is 12.2. The second-order valence-corrected chi connectivity index (χ2v) is 7.50. The van der Waals surface area contributed by atoms with Crippen molar-refractivity contribution in [2.45, 2.75) is 38.0 Å². The lowest BCUT2D eigenvalue weighted by atomic mass is 9.87. The fourth-order valence-corrected chi connectivity index (χ4v) is 4.08. The quantitative estimate of drug-likeness (QED) is 0.634. The number of fused-ring (bicyclic) bond motifs is 1. The average molecular weight is 369 g/mol. The topological polar surface area (TPSA) is 50.7 Å². The molecule has 0 saturated heterocycles. The van der Waals surface area contributed by atoms with Crippen molar-refractivity contribution in [3.8, 4) is 5.75 Å². The molecule has 1 aliphatic carbocycles. The third-order valence-electron chi connectivity index (χ3n) is 4.54. The molecular formula is C21H24N2O2S.